The van der Waals surface area contributed by atoms with Crippen molar-refractivity contribution in [2.75, 3.05) is 34.2 Å². The summed E-state index contributed by atoms with van der Waals surface area (Å²) in [7, 11) is 3.32. The highest BCUT2D eigenvalue weighted by atomic mass is 32.2. The Morgan fingerprint density at radius 2 is 1.84 bits per heavy atom. The van der Waals surface area contributed by atoms with Gasteiger partial charge >= 0.3 is 0 Å². The van der Waals surface area contributed by atoms with Crippen LogP contribution in [0.3, 0.4) is 0 Å². The van der Waals surface area contributed by atoms with E-state index in [1.54, 1.807) is 18.2 Å². The highest BCUT2D eigenvalue weighted by molar-refractivity contribution is 7.89. The number of hydrogen-bond acceptors (Lipinski definition) is 5. The second-order valence-electron chi connectivity index (χ2n) is 8.89. The minimum Gasteiger partial charge on any atom is -0.343 e. The fourth-order valence-corrected chi connectivity index (χ4v) is 5.13. The zero-order valence-electron chi connectivity index (χ0n) is 19.5. The second kappa shape index (κ2) is 9.26. The number of aromatic nitrogens is 2. The molecule has 8 nitrogen and oxygen atoms in total. The van der Waals surface area contributed by atoms with Gasteiger partial charge in [0.15, 0.2) is 0 Å². The van der Waals surface area contributed by atoms with E-state index in [0.717, 1.165) is 37.3 Å². The van der Waals surface area contributed by atoms with Crippen molar-refractivity contribution < 1.29 is 13.2 Å². The third kappa shape index (κ3) is 4.94. The summed E-state index contributed by atoms with van der Waals surface area (Å²) >= 11 is 0. The quantitative estimate of drug-likeness (QED) is 0.647. The SMILES string of the molecule is CC(C)N1CCC(N(C)C(=O)CCc2nc3cc(S(=O)(=O)N(C)C)ccc3n2C)CC1. The van der Waals surface area contributed by atoms with Gasteiger partial charge in [0.1, 0.15) is 5.82 Å². The minimum absolute atomic E-state index is 0.130. The van der Waals surface area contributed by atoms with Crippen LogP contribution in [-0.2, 0) is 28.3 Å². The molecular formula is C22H35N5O3S. The summed E-state index contributed by atoms with van der Waals surface area (Å²) in [5.41, 5.74) is 1.48. The lowest BCUT2D eigenvalue weighted by atomic mass is 10.0. The van der Waals surface area contributed by atoms with Gasteiger partial charge in [0.05, 0.1) is 15.9 Å². The molecule has 0 N–H and O–H groups in total. The van der Waals surface area contributed by atoms with Crippen LogP contribution < -0.4 is 0 Å². The van der Waals surface area contributed by atoms with E-state index >= 15 is 0 Å². The first-order valence-corrected chi connectivity index (χ1v) is 12.3. The smallest absolute Gasteiger partial charge is 0.242 e. The van der Waals surface area contributed by atoms with Crippen LogP contribution in [0.1, 0.15) is 38.9 Å². The number of likely N-dealkylation sites (tertiary alicyclic amines) is 1. The molecular weight excluding hydrogens is 414 g/mol. The number of amides is 1. The fourth-order valence-electron chi connectivity index (χ4n) is 4.21. The summed E-state index contributed by atoms with van der Waals surface area (Å²) in [6.07, 6.45) is 2.93. The Bertz CT molecular complexity index is 1040. The molecule has 31 heavy (non-hydrogen) atoms. The maximum atomic E-state index is 12.8. The Morgan fingerprint density at radius 1 is 1.19 bits per heavy atom. The van der Waals surface area contributed by atoms with Crippen molar-refractivity contribution in [3.63, 3.8) is 0 Å². The number of nitrogens with zero attached hydrogens (tertiary/aromatic N) is 5. The van der Waals surface area contributed by atoms with Crippen LogP contribution >= 0.6 is 0 Å². The number of hydrogen-bond donors (Lipinski definition) is 0. The Kier molecular flexibility index (Phi) is 7.08. The first kappa shape index (κ1) is 23.7. The van der Waals surface area contributed by atoms with Crippen LogP contribution in [0.15, 0.2) is 23.1 Å². The van der Waals surface area contributed by atoms with Gasteiger partial charge in [-0.1, -0.05) is 0 Å². The molecule has 3 rings (SSSR count). The van der Waals surface area contributed by atoms with Crippen molar-refractivity contribution in [3.8, 4) is 0 Å². The molecule has 0 spiro atoms. The number of fused-ring (bicyclic) bond motifs is 1. The van der Waals surface area contributed by atoms with Gasteiger partial charge < -0.3 is 14.4 Å². The van der Waals surface area contributed by atoms with Gasteiger partial charge in [0.2, 0.25) is 15.9 Å². The molecule has 1 aromatic carbocycles. The monoisotopic (exact) mass is 449 g/mol. The van der Waals surface area contributed by atoms with E-state index < -0.39 is 10.0 Å². The van der Waals surface area contributed by atoms with Crippen molar-refractivity contribution in [3.05, 3.63) is 24.0 Å². The van der Waals surface area contributed by atoms with Crippen molar-refractivity contribution in [1.82, 2.24) is 23.7 Å². The van der Waals surface area contributed by atoms with Gasteiger partial charge in [-0.25, -0.2) is 17.7 Å². The summed E-state index contributed by atoms with van der Waals surface area (Å²) in [5.74, 6) is 0.914. The lowest BCUT2D eigenvalue weighted by Crippen LogP contribution is -2.47. The van der Waals surface area contributed by atoms with E-state index in [1.165, 1.54) is 18.4 Å². The lowest BCUT2D eigenvalue weighted by Gasteiger charge is -2.38. The average molecular weight is 450 g/mol. The number of rotatable bonds is 7. The van der Waals surface area contributed by atoms with Gasteiger partial charge in [-0.3, -0.25) is 4.79 Å². The van der Waals surface area contributed by atoms with Crippen molar-refractivity contribution in [2.24, 2.45) is 7.05 Å². The van der Waals surface area contributed by atoms with Crippen LogP contribution in [0.4, 0.5) is 0 Å². The second-order valence-corrected chi connectivity index (χ2v) is 11.0. The molecule has 0 unspecified atom stereocenters. The molecule has 9 heteroatoms. The van der Waals surface area contributed by atoms with Gasteiger partial charge in [-0.15, -0.1) is 0 Å². The summed E-state index contributed by atoms with van der Waals surface area (Å²) < 4.78 is 27.9. The summed E-state index contributed by atoms with van der Waals surface area (Å²) in [4.78, 5) is 22.0. The molecule has 0 bridgehead atoms. The van der Waals surface area contributed by atoms with E-state index in [1.807, 2.05) is 23.6 Å². The average Bonchev–Trinajstić information content (AvgIpc) is 3.06. The Labute approximate surface area is 185 Å². The van der Waals surface area contributed by atoms with E-state index in [-0.39, 0.29) is 10.8 Å². The van der Waals surface area contributed by atoms with E-state index in [9.17, 15) is 13.2 Å². The number of benzene rings is 1. The number of aryl methyl sites for hydroxylation is 2. The Morgan fingerprint density at radius 3 is 2.42 bits per heavy atom. The number of carbonyl (C=O) groups excluding carboxylic acids is 1. The molecule has 1 saturated heterocycles. The minimum atomic E-state index is -3.51. The van der Waals surface area contributed by atoms with E-state index in [2.05, 4.69) is 23.7 Å². The van der Waals surface area contributed by atoms with Crippen LogP contribution in [-0.4, -0.2) is 84.3 Å². The molecule has 0 atom stereocenters. The maximum absolute atomic E-state index is 12.8. The van der Waals surface area contributed by atoms with Crippen molar-refractivity contribution in [1.29, 1.82) is 0 Å². The molecule has 0 saturated carbocycles. The van der Waals surface area contributed by atoms with Crippen LogP contribution in [0, 0.1) is 0 Å². The highest BCUT2D eigenvalue weighted by Crippen LogP contribution is 2.23. The largest absolute Gasteiger partial charge is 0.343 e. The molecule has 1 aromatic heterocycles. The summed E-state index contributed by atoms with van der Waals surface area (Å²) in [5, 5.41) is 0. The first-order valence-electron chi connectivity index (χ1n) is 10.9. The van der Waals surface area contributed by atoms with E-state index in [4.69, 9.17) is 0 Å². The Balaban J connectivity index is 1.66. The topological polar surface area (TPSA) is 78.8 Å². The van der Waals surface area contributed by atoms with E-state index in [0.29, 0.717) is 30.4 Å². The molecule has 0 radical (unpaired) electrons. The normalized spacial score (nSPS) is 16.5. The molecule has 2 aromatic rings. The molecule has 1 fully saturated rings. The Hall–Kier alpha value is -1.97. The number of piperidine rings is 1. The standard InChI is InChI=1S/C22H35N5O3S/c1-16(2)27-13-11-17(12-14-27)25(5)22(28)10-9-21-23-19-15-18(31(29,30)24(3)4)7-8-20(19)26(21)6/h7-8,15-17H,9-14H2,1-6H3. The third-order valence-corrected chi connectivity index (χ3v) is 8.27. The number of carbonyl (C=O) groups is 1. The molecule has 1 amide bonds. The zero-order chi connectivity index (χ0) is 22.9. The molecule has 2 heterocycles. The van der Waals surface area contributed by atoms with Crippen LogP contribution in [0.2, 0.25) is 0 Å². The zero-order valence-corrected chi connectivity index (χ0v) is 20.3. The maximum Gasteiger partial charge on any atom is 0.242 e. The molecule has 1 aliphatic rings. The predicted molar refractivity (Wildman–Crippen MR) is 122 cm³/mol. The van der Waals surface area contributed by atoms with Crippen molar-refractivity contribution >= 4 is 27.0 Å². The highest BCUT2D eigenvalue weighted by Gasteiger charge is 2.26. The first-order chi connectivity index (χ1) is 14.5. The predicted octanol–water partition coefficient (Wildman–Crippen LogP) is 2.09. The third-order valence-electron chi connectivity index (χ3n) is 6.46. The number of sulfonamides is 1. The van der Waals surface area contributed by atoms with Crippen LogP contribution in [0.25, 0.3) is 11.0 Å². The van der Waals surface area contributed by atoms with Gasteiger partial charge in [0.25, 0.3) is 0 Å². The summed E-state index contributed by atoms with van der Waals surface area (Å²) in [6.45, 7) is 6.49. The number of imidazole rings is 1. The molecule has 1 aliphatic heterocycles. The van der Waals surface area contributed by atoms with Crippen LogP contribution in [0.5, 0.6) is 0 Å². The molecule has 172 valence electrons. The fraction of sp³-hybridized carbons (Fsp3) is 0.636. The van der Waals surface area contributed by atoms with Gasteiger partial charge in [0, 0.05) is 66.2 Å². The van der Waals surface area contributed by atoms with Crippen molar-refractivity contribution in [2.45, 2.75) is 56.5 Å². The summed E-state index contributed by atoms with van der Waals surface area (Å²) in [6, 6.07) is 5.82. The van der Waals surface area contributed by atoms with Gasteiger partial charge in [-0.2, -0.15) is 0 Å². The van der Waals surface area contributed by atoms with Gasteiger partial charge in [-0.05, 0) is 44.9 Å². The lowest BCUT2D eigenvalue weighted by molar-refractivity contribution is -0.132. The molecule has 0 aliphatic carbocycles.